The van der Waals surface area contributed by atoms with Gasteiger partial charge < -0.3 is 10.4 Å². The smallest absolute Gasteiger partial charge is 0.109 e. The van der Waals surface area contributed by atoms with Gasteiger partial charge in [0, 0.05) is 17.6 Å². The first-order chi connectivity index (χ1) is 9.13. The molecule has 1 aliphatic rings. The van der Waals surface area contributed by atoms with Crippen molar-refractivity contribution in [1.82, 2.24) is 10.3 Å². The maximum atomic E-state index is 10.6. The quantitative estimate of drug-likeness (QED) is 0.813. The average molecular weight is 282 g/mol. The van der Waals surface area contributed by atoms with Crippen molar-refractivity contribution in [2.24, 2.45) is 0 Å². The van der Waals surface area contributed by atoms with Crippen LogP contribution in [0.4, 0.5) is 0 Å². The lowest BCUT2D eigenvalue weighted by Crippen LogP contribution is -2.41. The molecule has 0 bridgehead atoms. The highest BCUT2D eigenvalue weighted by Crippen LogP contribution is 2.27. The van der Waals surface area contributed by atoms with Crippen LogP contribution in [0.15, 0.2) is 6.20 Å². The van der Waals surface area contributed by atoms with Crippen LogP contribution in [0.1, 0.15) is 68.3 Å². The monoisotopic (exact) mass is 282 g/mol. The van der Waals surface area contributed by atoms with Gasteiger partial charge in [-0.15, -0.1) is 11.3 Å². The van der Waals surface area contributed by atoms with Crippen LogP contribution in [0.5, 0.6) is 0 Å². The van der Waals surface area contributed by atoms with E-state index in [0.717, 1.165) is 37.1 Å². The predicted molar refractivity (Wildman–Crippen MR) is 80.6 cm³/mol. The minimum atomic E-state index is -0.504. The molecule has 1 unspecified atom stereocenters. The van der Waals surface area contributed by atoms with Crippen LogP contribution >= 0.6 is 11.3 Å². The third-order valence-corrected chi connectivity index (χ3v) is 5.39. The van der Waals surface area contributed by atoms with E-state index in [1.54, 1.807) is 11.3 Å². The molecule has 2 rings (SSSR count). The van der Waals surface area contributed by atoms with Gasteiger partial charge in [-0.05, 0) is 26.2 Å². The number of aliphatic hydroxyl groups is 1. The number of rotatable bonds is 5. The Morgan fingerprint density at radius 2 is 2.05 bits per heavy atom. The zero-order valence-electron chi connectivity index (χ0n) is 12.1. The fraction of sp³-hybridized carbons (Fsp3) is 0.800. The van der Waals surface area contributed by atoms with Crippen molar-refractivity contribution in [1.29, 1.82) is 0 Å². The van der Waals surface area contributed by atoms with Crippen LogP contribution in [-0.4, -0.2) is 22.2 Å². The van der Waals surface area contributed by atoms with Crippen molar-refractivity contribution in [2.75, 3.05) is 6.54 Å². The van der Waals surface area contributed by atoms with Gasteiger partial charge in [0.05, 0.1) is 11.6 Å². The molecule has 0 aliphatic heterocycles. The number of aromatic nitrogens is 1. The second-order valence-electron chi connectivity index (χ2n) is 5.76. The Labute approximate surface area is 120 Å². The average Bonchev–Trinajstić information content (AvgIpc) is 2.79. The van der Waals surface area contributed by atoms with Gasteiger partial charge in [-0.25, -0.2) is 4.98 Å². The lowest BCUT2D eigenvalue weighted by Gasteiger charge is -2.28. The van der Waals surface area contributed by atoms with Gasteiger partial charge in [0.15, 0.2) is 0 Å². The molecule has 0 radical (unpaired) electrons. The molecule has 1 heterocycles. The first-order valence-corrected chi connectivity index (χ1v) is 8.35. The van der Waals surface area contributed by atoms with Gasteiger partial charge >= 0.3 is 0 Å². The minimum absolute atomic E-state index is 0.234. The Balaban J connectivity index is 1.86. The molecule has 3 nitrogen and oxygen atoms in total. The van der Waals surface area contributed by atoms with E-state index in [0.29, 0.717) is 6.54 Å². The van der Waals surface area contributed by atoms with Gasteiger partial charge in [-0.2, -0.15) is 0 Å². The highest BCUT2D eigenvalue weighted by Gasteiger charge is 2.28. The highest BCUT2D eigenvalue weighted by molar-refractivity contribution is 7.11. The summed E-state index contributed by atoms with van der Waals surface area (Å²) in [6.45, 7) is 4.98. The third-order valence-electron chi connectivity index (χ3n) is 4.06. The minimum Gasteiger partial charge on any atom is -0.389 e. The Bertz CT molecular complexity index is 383. The number of aryl methyl sites for hydroxylation is 1. The first-order valence-electron chi connectivity index (χ1n) is 7.53. The lowest BCUT2D eigenvalue weighted by molar-refractivity contribution is 0.0231. The summed E-state index contributed by atoms with van der Waals surface area (Å²) < 4.78 is 0. The SMILES string of the molecule is CCc1cnc(C(C)NCC2(O)CCCCCC2)s1. The van der Waals surface area contributed by atoms with E-state index in [-0.39, 0.29) is 6.04 Å². The fourth-order valence-electron chi connectivity index (χ4n) is 2.68. The molecule has 2 N–H and O–H groups in total. The summed E-state index contributed by atoms with van der Waals surface area (Å²) in [6, 6.07) is 0.234. The molecule has 1 atom stereocenters. The third kappa shape index (κ3) is 4.26. The van der Waals surface area contributed by atoms with Gasteiger partial charge in [0.2, 0.25) is 0 Å². The largest absolute Gasteiger partial charge is 0.389 e. The molecule has 1 fully saturated rings. The molecule has 108 valence electrons. The number of thiazole rings is 1. The van der Waals surface area contributed by atoms with Crippen molar-refractivity contribution in [2.45, 2.75) is 70.4 Å². The van der Waals surface area contributed by atoms with Crippen LogP contribution in [0.3, 0.4) is 0 Å². The Kier molecular flexibility index (Phi) is 5.37. The summed E-state index contributed by atoms with van der Waals surface area (Å²) in [5, 5.41) is 15.2. The van der Waals surface area contributed by atoms with Crippen LogP contribution in [-0.2, 0) is 6.42 Å². The van der Waals surface area contributed by atoms with E-state index in [9.17, 15) is 5.11 Å². The van der Waals surface area contributed by atoms with Gasteiger partial charge in [0.1, 0.15) is 5.01 Å². The molecule has 0 saturated heterocycles. The molecule has 19 heavy (non-hydrogen) atoms. The topological polar surface area (TPSA) is 45.2 Å². The highest BCUT2D eigenvalue weighted by atomic mass is 32.1. The summed E-state index contributed by atoms with van der Waals surface area (Å²) in [5.41, 5.74) is -0.504. The predicted octanol–water partition coefficient (Wildman–Crippen LogP) is 3.44. The standard InChI is InChI=1S/C15H26N2OS/c1-3-13-10-16-14(19-13)12(2)17-11-15(18)8-6-4-5-7-9-15/h10,12,17-18H,3-9,11H2,1-2H3. The molecular weight excluding hydrogens is 256 g/mol. The zero-order valence-corrected chi connectivity index (χ0v) is 12.9. The first kappa shape index (κ1) is 14.9. The summed E-state index contributed by atoms with van der Waals surface area (Å²) in [4.78, 5) is 5.80. The van der Waals surface area contributed by atoms with Crippen LogP contribution in [0.25, 0.3) is 0 Å². The fourth-order valence-corrected chi connectivity index (χ4v) is 3.56. The van der Waals surface area contributed by atoms with Crippen LogP contribution in [0.2, 0.25) is 0 Å². The van der Waals surface area contributed by atoms with E-state index >= 15 is 0 Å². The van der Waals surface area contributed by atoms with Crippen molar-refractivity contribution in [3.63, 3.8) is 0 Å². The maximum Gasteiger partial charge on any atom is 0.109 e. The zero-order chi connectivity index (χ0) is 13.7. The Hall–Kier alpha value is -0.450. The van der Waals surface area contributed by atoms with E-state index in [2.05, 4.69) is 24.1 Å². The summed E-state index contributed by atoms with van der Waals surface area (Å²) in [7, 11) is 0. The molecule has 1 aromatic heterocycles. The van der Waals surface area contributed by atoms with E-state index in [4.69, 9.17) is 0 Å². The summed E-state index contributed by atoms with van der Waals surface area (Å²) in [5.74, 6) is 0. The van der Waals surface area contributed by atoms with Gasteiger partial charge in [0.25, 0.3) is 0 Å². The summed E-state index contributed by atoms with van der Waals surface area (Å²) >= 11 is 1.78. The van der Waals surface area contributed by atoms with Crippen LogP contribution < -0.4 is 5.32 Å². The van der Waals surface area contributed by atoms with Crippen molar-refractivity contribution in [3.05, 3.63) is 16.1 Å². The van der Waals surface area contributed by atoms with Crippen molar-refractivity contribution >= 4 is 11.3 Å². The van der Waals surface area contributed by atoms with Crippen molar-refractivity contribution < 1.29 is 5.11 Å². The van der Waals surface area contributed by atoms with E-state index < -0.39 is 5.60 Å². The van der Waals surface area contributed by atoms with Gasteiger partial charge in [-0.1, -0.05) is 32.6 Å². The Morgan fingerprint density at radius 3 is 2.63 bits per heavy atom. The lowest BCUT2D eigenvalue weighted by atomic mass is 9.94. The van der Waals surface area contributed by atoms with E-state index in [1.165, 1.54) is 17.7 Å². The molecule has 1 aromatic rings. The van der Waals surface area contributed by atoms with Crippen molar-refractivity contribution in [3.8, 4) is 0 Å². The number of nitrogens with one attached hydrogen (secondary N) is 1. The molecular formula is C15H26N2OS. The summed E-state index contributed by atoms with van der Waals surface area (Å²) in [6.07, 6.45) is 9.74. The maximum absolute atomic E-state index is 10.6. The second kappa shape index (κ2) is 6.82. The molecule has 0 spiro atoms. The van der Waals surface area contributed by atoms with Gasteiger partial charge in [-0.3, -0.25) is 0 Å². The molecule has 0 aromatic carbocycles. The van der Waals surface area contributed by atoms with E-state index in [1.807, 2.05) is 6.20 Å². The molecule has 1 saturated carbocycles. The van der Waals surface area contributed by atoms with Crippen LogP contribution in [0, 0.1) is 0 Å². The number of nitrogens with zero attached hydrogens (tertiary/aromatic N) is 1. The normalized spacial score (nSPS) is 21.0. The molecule has 0 amide bonds. The molecule has 4 heteroatoms. The number of hydrogen-bond donors (Lipinski definition) is 2. The Morgan fingerprint density at radius 1 is 1.37 bits per heavy atom. The number of hydrogen-bond acceptors (Lipinski definition) is 4. The second-order valence-corrected chi connectivity index (χ2v) is 6.91. The molecule has 1 aliphatic carbocycles.